The summed E-state index contributed by atoms with van der Waals surface area (Å²) >= 11 is 0. The van der Waals surface area contributed by atoms with Crippen molar-refractivity contribution in [3.05, 3.63) is 114 Å². The zero-order chi connectivity index (χ0) is 20.8. The molecule has 0 atom stereocenters. The van der Waals surface area contributed by atoms with E-state index in [1.54, 1.807) is 24.7 Å². The molecule has 0 unspecified atom stereocenters. The van der Waals surface area contributed by atoms with Crippen LogP contribution < -0.4 is 0 Å². The van der Waals surface area contributed by atoms with Gasteiger partial charge in [-0.25, -0.2) is 9.78 Å². The van der Waals surface area contributed by atoms with E-state index in [-0.39, 0.29) is 5.56 Å². The van der Waals surface area contributed by atoms with Gasteiger partial charge < -0.3 is 14.4 Å². The van der Waals surface area contributed by atoms with E-state index in [2.05, 4.69) is 41.4 Å². The summed E-state index contributed by atoms with van der Waals surface area (Å²) in [7, 11) is 0. The van der Waals surface area contributed by atoms with Crippen LogP contribution in [0.3, 0.4) is 0 Å². The van der Waals surface area contributed by atoms with Gasteiger partial charge in [-0.15, -0.1) is 0 Å². The third kappa shape index (κ3) is 4.82. The first-order chi connectivity index (χ1) is 14.7. The van der Waals surface area contributed by atoms with Crippen LogP contribution in [0, 0.1) is 0 Å². The minimum atomic E-state index is -0.921. The van der Waals surface area contributed by atoms with Crippen LogP contribution in [0.5, 0.6) is 0 Å². The van der Waals surface area contributed by atoms with Gasteiger partial charge in [-0.1, -0.05) is 66.7 Å². The molecule has 0 bridgehead atoms. The number of carbonyl (C=O) groups is 1. The van der Waals surface area contributed by atoms with E-state index >= 15 is 0 Å². The minimum absolute atomic E-state index is 0.284. The molecule has 5 heteroatoms. The summed E-state index contributed by atoms with van der Waals surface area (Å²) in [6.07, 6.45) is 3.56. The van der Waals surface area contributed by atoms with Gasteiger partial charge in [0.15, 0.2) is 0 Å². The fourth-order valence-electron chi connectivity index (χ4n) is 3.26. The number of aromatic carboxylic acids is 1. The lowest BCUT2D eigenvalue weighted by atomic mass is 10.0. The van der Waals surface area contributed by atoms with Crippen LogP contribution >= 0.6 is 0 Å². The number of rotatable bonds is 8. The second kappa shape index (κ2) is 9.20. The number of benzene rings is 3. The molecular weight excluding hydrogens is 376 g/mol. The molecule has 0 spiro atoms. The van der Waals surface area contributed by atoms with Crippen LogP contribution in [0.2, 0.25) is 0 Å². The molecular formula is C25H22N2O3. The Morgan fingerprint density at radius 2 is 1.50 bits per heavy atom. The van der Waals surface area contributed by atoms with Crippen molar-refractivity contribution in [2.75, 3.05) is 0 Å². The van der Waals surface area contributed by atoms with Crippen molar-refractivity contribution < 1.29 is 14.6 Å². The summed E-state index contributed by atoms with van der Waals surface area (Å²) < 4.78 is 7.91. The molecule has 4 rings (SSSR count). The summed E-state index contributed by atoms with van der Waals surface area (Å²) in [5, 5.41) is 9.01. The average Bonchev–Trinajstić information content (AvgIpc) is 3.22. The van der Waals surface area contributed by atoms with Gasteiger partial charge in [0.2, 0.25) is 0 Å². The fraction of sp³-hybridized carbons (Fsp3) is 0.120. The molecule has 0 aliphatic rings. The van der Waals surface area contributed by atoms with Crippen LogP contribution in [-0.4, -0.2) is 20.6 Å². The second-order valence-electron chi connectivity index (χ2n) is 7.07. The van der Waals surface area contributed by atoms with Crippen molar-refractivity contribution >= 4 is 5.97 Å². The molecule has 30 heavy (non-hydrogen) atoms. The number of aromatic nitrogens is 2. The Balaban J connectivity index is 1.33. The molecule has 1 aromatic heterocycles. The third-order valence-electron chi connectivity index (χ3n) is 4.93. The summed E-state index contributed by atoms with van der Waals surface area (Å²) in [6.45, 7) is 1.59. The maximum absolute atomic E-state index is 11.0. The van der Waals surface area contributed by atoms with Gasteiger partial charge in [-0.3, -0.25) is 0 Å². The van der Waals surface area contributed by atoms with Crippen LogP contribution in [0.1, 0.15) is 27.2 Å². The van der Waals surface area contributed by atoms with Crippen LogP contribution in [-0.2, 0) is 24.5 Å². The van der Waals surface area contributed by atoms with E-state index in [9.17, 15) is 4.79 Å². The molecule has 0 radical (unpaired) electrons. The Kier molecular flexibility index (Phi) is 6.01. The molecule has 0 aliphatic carbocycles. The number of nitrogens with zero attached hydrogens (tertiary/aromatic N) is 2. The van der Waals surface area contributed by atoms with Gasteiger partial charge in [0.1, 0.15) is 0 Å². The number of carboxylic acids is 1. The Morgan fingerprint density at radius 1 is 0.833 bits per heavy atom. The topological polar surface area (TPSA) is 64.3 Å². The van der Waals surface area contributed by atoms with Gasteiger partial charge in [-0.2, -0.15) is 0 Å². The van der Waals surface area contributed by atoms with Gasteiger partial charge in [0, 0.05) is 6.54 Å². The zero-order valence-electron chi connectivity index (χ0n) is 16.4. The number of imidazole rings is 1. The maximum atomic E-state index is 11.0. The molecule has 1 heterocycles. The lowest BCUT2D eigenvalue weighted by Crippen LogP contribution is -2.05. The lowest BCUT2D eigenvalue weighted by Gasteiger charge is -2.10. The van der Waals surface area contributed by atoms with Crippen LogP contribution in [0.15, 0.2) is 91.4 Å². The largest absolute Gasteiger partial charge is 0.478 e. The second-order valence-corrected chi connectivity index (χ2v) is 7.07. The van der Waals surface area contributed by atoms with Crippen LogP contribution in [0.25, 0.3) is 11.1 Å². The normalized spacial score (nSPS) is 10.8. The van der Waals surface area contributed by atoms with Crippen molar-refractivity contribution in [2.24, 2.45) is 0 Å². The van der Waals surface area contributed by atoms with Crippen LogP contribution in [0.4, 0.5) is 0 Å². The lowest BCUT2D eigenvalue weighted by molar-refractivity contribution is 0.0697. The molecule has 150 valence electrons. The summed E-state index contributed by atoms with van der Waals surface area (Å²) in [6, 6.07) is 25.6. The standard InChI is InChI=1S/C25H22N2O3/c28-25(29)23-12-6-19(7-13-23)15-27-18-26-14-24(27)17-30-16-20-8-10-22(11-9-20)21-4-2-1-3-5-21/h1-14,18H,15-17H2,(H,28,29). The third-order valence-corrected chi connectivity index (χ3v) is 4.93. The van der Waals surface area contributed by atoms with Gasteiger partial charge in [0.25, 0.3) is 0 Å². The molecule has 0 saturated carbocycles. The summed E-state index contributed by atoms with van der Waals surface area (Å²) in [4.78, 5) is 15.2. The first kappa shape index (κ1) is 19.6. The molecule has 0 fully saturated rings. The predicted octanol–water partition coefficient (Wildman–Crippen LogP) is 5.01. The van der Waals surface area contributed by atoms with E-state index in [4.69, 9.17) is 9.84 Å². The monoisotopic (exact) mass is 398 g/mol. The number of carboxylic acid groups (broad SMARTS) is 1. The highest BCUT2D eigenvalue weighted by atomic mass is 16.5. The Hall–Kier alpha value is -3.70. The van der Waals surface area contributed by atoms with E-state index in [1.807, 2.05) is 34.9 Å². The summed E-state index contributed by atoms with van der Waals surface area (Å²) in [5.74, 6) is -0.921. The highest BCUT2D eigenvalue weighted by Gasteiger charge is 2.06. The number of hydrogen-bond donors (Lipinski definition) is 1. The molecule has 5 nitrogen and oxygen atoms in total. The highest BCUT2D eigenvalue weighted by molar-refractivity contribution is 5.87. The quantitative estimate of drug-likeness (QED) is 0.453. The molecule has 3 aromatic carbocycles. The van der Waals surface area contributed by atoms with Crippen molar-refractivity contribution in [1.82, 2.24) is 9.55 Å². The van der Waals surface area contributed by atoms with Crippen molar-refractivity contribution in [3.63, 3.8) is 0 Å². The Bertz CT molecular complexity index is 1100. The van der Waals surface area contributed by atoms with E-state index in [0.29, 0.717) is 19.8 Å². The maximum Gasteiger partial charge on any atom is 0.335 e. The highest BCUT2D eigenvalue weighted by Crippen LogP contribution is 2.19. The average molecular weight is 398 g/mol. The molecule has 0 aliphatic heterocycles. The Labute approximate surface area is 175 Å². The van der Waals surface area contributed by atoms with Crippen molar-refractivity contribution in [1.29, 1.82) is 0 Å². The smallest absolute Gasteiger partial charge is 0.335 e. The van der Waals surface area contributed by atoms with Crippen molar-refractivity contribution in [3.8, 4) is 11.1 Å². The van der Waals surface area contributed by atoms with E-state index in [1.165, 1.54) is 11.1 Å². The van der Waals surface area contributed by atoms with Crippen molar-refractivity contribution in [2.45, 2.75) is 19.8 Å². The number of hydrogen-bond acceptors (Lipinski definition) is 3. The predicted molar refractivity (Wildman–Crippen MR) is 115 cm³/mol. The van der Waals surface area contributed by atoms with Gasteiger partial charge >= 0.3 is 5.97 Å². The van der Waals surface area contributed by atoms with Gasteiger partial charge in [-0.05, 0) is 34.4 Å². The fourth-order valence-corrected chi connectivity index (χ4v) is 3.26. The molecule has 0 saturated heterocycles. The Morgan fingerprint density at radius 3 is 2.20 bits per heavy atom. The first-order valence-corrected chi connectivity index (χ1v) is 9.72. The van der Waals surface area contributed by atoms with E-state index in [0.717, 1.165) is 16.8 Å². The summed E-state index contributed by atoms with van der Waals surface area (Å²) in [5.41, 5.74) is 5.77. The molecule has 4 aromatic rings. The van der Waals surface area contributed by atoms with E-state index < -0.39 is 5.97 Å². The molecule has 0 amide bonds. The minimum Gasteiger partial charge on any atom is -0.478 e. The molecule has 1 N–H and O–H groups in total. The SMILES string of the molecule is O=C(O)c1ccc(Cn2cncc2COCc2ccc(-c3ccccc3)cc2)cc1. The van der Waals surface area contributed by atoms with Gasteiger partial charge in [0.05, 0.1) is 37.0 Å². The number of ether oxygens (including phenoxy) is 1. The first-order valence-electron chi connectivity index (χ1n) is 9.72. The zero-order valence-corrected chi connectivity index (χ0v) is 16.4.